The number of amides is 1. The van der Waals surface area contributed by atoms with E-state index >= 15 is 0 Å². The van der Waals surface area contributed by atoms with E-state index in [-0.39, 0.29) is 24.4 Å². The molecule has 0 aromatic heterocycles. The Balaban J connectivity index is 2.41. The van der Waals surface area contributed by atoms with Gasteiger partial charge in [0.25, 0.3) is 0 Å². The van der Waals surface area contributed by atoms with Crippen LogP contribution in [0.4, 0.5) is 4.79 Å². The fourth-order valence-corrected chi connectivity index (χ4v) is 5.94. The Morgan fingerprint density at radius 1 is 1.07 bits per heavy atom. The van der Waals surface area contributed by atoms with Crippen LogP contribution < -0.4 is 10.1 Å². The molecule has 10 heteroatoms. The van der Waals surface area contributed by atoms with Gasteiger partial charge in [-0.1, -0.05) is 44.2 Å². The molecule has 0 heterocycles. The lowest BCUT2D eigenvalue weighted by Crippen LogP contribution is -2.52. The van der Waals surface area contributed by atoms with Crippen LogP contribution in [0.5, 0.6) is 5.75 Å². The fraction of sp³-hybridized carbons (Fsp3) is 0.533. The molecule has 0 fully saturated rings. The number of aliphatic hydroxyl groups excluding tert-OH is 1. The quantitative estimate of drug-likeness (QED) is 0.308. The molecule has 0 spiro atoms. The van der Waals surface area contributed by atoms with Crippen LogP contribution in [0.2, 0.25) is 0 Å². The summed E-state index contributed by atoms with van der Waals surface area (Å²) >= 11 is 0. The molecule has 9 nitrogen and oxygen atoms in total. The molecule has 0 saturated heterocycles. The smallest absolute Gasteiger partial charge is 0.407 e. The predicted molar refractivity (Wildman–Crippen MR) is 154 cm³/mol. The monoisotopic (exact) mass is 573 g/mol. The Bertz CT molecular complexity index is 1220. The van der Waals surface area contributed by atoms with E-state index < -0.39 is 39.3 Å². The number of carbonyl (C=O) groups excluding carboxylic acids is 1. The Morgan fingerprint density at radius 2 is 1.70 bits per heavy atom. The number of hydrogen-bond acceptors (Lipinski definition) is 7. The fourth-order valence-electron chi connectivity index (χ4n) is 4.29. The number of rotatable bonds is 14. The first-order chi connectivity index (χ1) is 18.7. The van der Waals surface area contributed by atoms with Crippen molar-refractivity contribution < 1.29 is 27.8 Å². The van der Waals surface area contributed by atoms with Crippen LogP contribution in [0.3, 0.4) is 0 Å². The summed E-state index contributed by atoms with van der Waals surface area (Å²) in [5, 5.41) is 23.2. The highest BCUT2D eigenvalue weighted by molar-refractivity contribution is 7.89. The van der Waals surface area contributed by atoms with E-state index in [1.54, 1.807) is 32.9 Å². The van der Waals surface area contributed by atoms with Gasteiger partial charge in [-0.25, -0.2) is 13.2 Å². The number of nitrogens with zero attached hydrogens (tertiary/aromatic N) is 2. The summed E-state index contributed by atoms with van der Waals surface area (Å²) in [7, 11) is -2.54. The average Bonchev–Trinajstić information content (AvgIpc) is 2.87. The first kappa shape index (κ1) is 33.1. The van der Waals surface area contributed by atoms with E-state index in [9.17, 15) is 18.3 Å². The number of sulfonamides is 1. The van der Waals surface area contributed by atoms with Gasteiger partial charge in [0.2, 0.25) is 10.0 Å². The summed E-state index contributed by atoms with van der Waals surface area (Å²) in [4.78, 5) is 12.8. The molecule has 1 amide bonds. The lowest BCUT2D eigenvalue weighted by Gasteiger charge is -2.35. The van der Waals surface area contributed by atoms with Crippen molar-refractivity contribution in [2.45, 2.75) is 82.9 Å². The minimum Gasteiger partial charge on any atom is -0.497 e. The molecule has 0 radical (unpaired) electrons. The number of ether oxygens (including phenoxy) is 2. The van der Waals surface area contributed by atoms with Gasteiger partial charge in [-0.05, 0) is 75.3 Å². The van der Waals surface area contributed by atoms with Crippen LogP contribution in [0.1, 0.15) is 59.4 Å². The first-order valence-electron chi connectivity index (χ1n) is 13.4. The predicted octanol–water partition coefficient (Wildman–Crippen LogP) is 4.90. The van der Waals surface area contributed by atoms with Gasteiger partial charge in [-0.2, -0.15) is 9.57 Å². The van der Waals surface area contributed by atoms with Crippen LogP contribution in [0, 0.1) is 16.7 Å². The highest BCUT2D eigenvalue weighted by Gasteiger charge is 2.35. The third-order valence-corrected chi connectivity index (χ3v) is 8.13. The van der Waals surface area contributed by atoms with E-state index in [4.69, 9.17) is 14.7 Å². The molecule has 2 aromatic carbocycles. The van der Waals surface area contributed by atoms with Gasteiger partial charge in [0.05, 0.1) is 30.2 Å². The molecule has 220 valence electrons. The van der Waals surface area contributed by atoms with Crippen molar-refractivity contribution >= 4 is 16.1 Å². The summed E-state index contributed by atoms with van der Waals surface area (Å²) < 4.78 is 39.6. The third-order valence-electron chi connectivity index (χ3n) is 6.30. The molecule has 0 aliphatic heterocycles. The lowest BCUT2D eigenvalue weighted by atomic mass is 9.87. The van der Waals surface area contributed by atoms with Crippen LogP contribution in [0.15, 0.2) is 59.5 Å². The van der Waals surface area contributed by atoms with Gasteiger partial charge in [-0.15, -0.1) is 0 Å². The molecule has 40 heavy (non-hydrogen) atoms. The molecular formula is C30H43N3O6S. The summed E-state index contributed by atoms with van der Waals surface area (Å²) in [5.74, 6) is 0.520. The largest absolute Gasteiger partial charge is 0.497 e. The van der Waals surface area contributed by atoms with Crippen molar-refractivity contribution in [2.75, 3.05) is 20.2 Å². The van der Waals surface area contributed by atoms with Gasteiger partial charge in [-0.3, -0.25) is 0 Å². The SMILES string of the molecule is COc1ccc(S(=O)(=O)N(C[C@@H](O)[C@H](Cc2ccccc2)NC(=O)OC(C)(C)C)CC(C)(C)CCCC#N)cc1. The standard InChI is InChI=1S/C30H43N3O6S/c1-29(2,3)39-28(35)32-26(20-23-12-8-7-9-13-23)27(34)21-33(22-30(4,5)18-10-11-19-31)40(36,37)25-16-14-24(38-6)15-17-25/h7-9,12-17,26-27,34H,10-11,18,20-22H2,1-6H3,(H,32,35)/t26-,27+/m0/s1. The van der Waals surface area contributed by atoms with E-state index in [1.165, 1.54) is 23.5 Å². The van der Waals surface area contributed by atoms with Crippen LogP contribution in [-0.4, -0.2) is 61.9 Å². The molecule has 2 atom stereocenters. The number of methoxy groups -OCH3 is 1. The molecular weight excluding hydrogens is 530 g/mol. The minimum absolute atomic E-state index is 0.0630. The lowest BCUT2D eigenvalue weighted by molar-refractivity contribution is 0.0391. The van der Waals surface area contributed by atoms with Crippen molar-refractivity contribution in [1.82, 2.24) is 9.62 Å². The second-order valence-corrected chi connectivity index (χ2v) is 13.6. The van der Waals surface area contributed by atoms with Crippen LogP contribution >= 0.6 is 0 Å². The van der Waals surface area contributed by atoms with Gasteiger partial charge >= 0.3 is 6.09 Å². The molecule has 0 bridgehead atoms. The Hall–Kier alpha value is -3.13. The van der Waals surface area contributed by atoms with Crippen molar-refractivity contribution in [3.63, 3.8) is 0 Å². The number of nitrogens with one attached hydrogen (secondary N) is 1. The normalized spacial score (nSPS) is 13.8. The summed E-state index contributed by atoms with van der Waals surface area (Å²) in [5.41, 5.74) is -0.364. The zero-order chi connectivity index (χ0) is 30.0. The number of hydrogen-bond donors (Lipinski definition) is 2. The van der Waals surface area contributed by atoms with Crippen molar-refractivity contribution in [3.8, 4) is 11.8 Å². The summed E-state index contributed by atoms with van der Waals surface area (Å²) in [6.45, 7) is 8.95. The number of unbranched alkanes of at least 4 members (excludes halogenated alkanes) is 1. The van der Waals surface area contributed by atoms with E-state index in [0.717, 1.165) is 5.56 Å². The summed E-state index contributed by atoms with van der Waals surface area (Å²) in [6, 6.07) is 16.7. The molecule has 0 aliphatic rings. The highest BCUT2D eigenvalue weighted by Crippen LogP contribution is 2.29. The molecule has 2 aromatic rings. The first-order valence-corrected chi connectivity index (χ1v) is 14.8. The molecule has 0 unspecified atom stereocenters. The van der Waals surface area contributed by atoms with Crippen molar-refractivity contribution in [1.29, 1.82) is 5.26 Å². The summed E-state index contributed by atoms with van der Waals surface area (Å²) in [6.07, 6.45) is -0.0715. The van der Waals surface area contributed by atoms with Crippen LogP contribution in [-0.2, 0) is 21.2 Å². The van der Waals surface area contributed by atoms with Crippen LogP contribution in [0.25, 0.3) is 0 Å². The zero-order valence-corrected chi connectivity index (χ0v) is 25.2. The van der Waals surface area contributed by atoms with E-state index in [2.05, 4.69) is 11.4 Å². The maximum Gasteiger partial charge on any atom is 0.407 e. The van der Waals surface area contributed by atoms with Gasteiger partial charge in [0.1, 0.15) is 11.4 Å². The molecule has 0 saturated carbocycles. The number of aliphatic hydroxyl groups is 1. The van der Waals surface area contributed by atoms with E-state index in [1.807, 2.05) is 44.2 Å². The minimum atomic E-state index is -4.04. The average molecular weight is 574 g/mol. The molecule has 2 N–H and O–H groups in total. The van der Waals surface area contributed by atoms with Crippen molar-refractivity contribution in [3.05, 3.63) is 60.2 Å². The Labute approximate surface area is 239 Å². The number of carbonyl (C=O) groups is 1. The molecule has 2 rings (SSSR count). The van der Waals surface area contributed by atoms with Gasteiger partial charge < -0.3 is 19.9 Å². The van der Waals surface area contributed by atoms with Gasteiger partial charge in [0.15, 0.2) is 0 Å². The number of alkyl carbamates (subject to hydrolysis) is 1. The van der Waals surface area contributed by atoms with Crippen molar-refractivity contribution in [2.24, 2.45) is 5.41 Å². The van der Waals surface area contributed by atoms with Gasteiger partial charge in [0, 0.05) is 19.5 Å². The Morgan fingerprint density at radius 3 is 2.25 bits per heavy atom. The highest BCUT2D eigenvalue weighted by atomic mass is 32.2. The van der Waals surface area contributed by atoms with E-state index in [0.29, 0.717) is 25.0 Å². The second kappa shape index (κ2) is 14.5. The number of benzene rings is 2. The third kappa shape index (κ3) is 10.8. The maximum atomic E-state index is 13.9. The topological polar surface area (TPSA) is 129 Å². The zero-order valence-electron chi connectivity index (χ0n) is 24.4. The molecule has 0 aliphatic carbocycles. The number of nitriles is 1. The second-order valence-electron chi connectivity index (χ2n) is 11.7. The Kier molecular flexibility index (Phi) is 12.0. The maximum absolute atomic E-state index is 13.9.